The number of nitrogens with one attached hydrogen (secondary N) is 1. The van der Waals surface area contributed by atoms with E-state index in [1.165, 1.54) is 12.8 Å². The van der Waals surface area contributed by atoms with Crippen LogP contribution >= 0.6 is 11.6 Å². The van der Waals surface area contributed by atoms with E-state index in [1.807, 2.05) is 6.92 Å². The van der Waals surface area contributed by atoms with Crippen LogP contribution in [0.2, 0.25) is 0 Å². The predicted molar refractivity (Wildman–Crippen MR) is 57.9 cm³/mol. The lowest BCUT2D eigenvalue weighted by atomic mass is 10.2. The van der Waals surface area contributed by atoms with E-state index >= 15 is 0 Å². The summed E-state index contributed by atoms with van der Waals surface area (Å²) in [6.45, 7) is 2.03. The van der Waals surface area contributed by atoms with Gasteiger partial charge in [-0.1, -0.05) is 0 Å². The largest absolute Gasteiger partial charge is 0.455 e. The number of rotatable bonds is 4. The van der Waals surface area contributed by atoms with Crippen LogP contribution in [-0.2, 0) is 5.88 Å². The second-order valence-corrected chi connectivity index (χ2v) is 4.27. The fraction of sp³-hybridized carbons (Fsp3) is 0.545. The first-order valence-electron chi connectivity index (χ1n) is 5.16. The highest BCUT2D eigenvalue weighted by Crippen LogP contribution is 2.32. The number of hydrogen-bond donors (Lipinski definition) is 1. The average molecular weight is 228 g/mol. The molecule has 1 saturated carbocycles. The summed E-state index contributed by atoms with van der Waals surface area (Å²) in [4.78, 5) is 11.7. The maximum absolute atomic E-state index is 11.7. The molecule has 15 heavy (non-hydrogen) atoms. The second kappa shape index (κ2) is 4.27. The van der Waals surface area contributed by atoms with Crippen molar-refractivity contribution in [1.82, 2.24) is 5.32 Å². The van der Waals surface area contributed by atoms with Crippen LogP contribution in [0.3, 0.4) is 0 Å². The van der Waals surface area contributed by atoms with Crippen molar-refractivity contribution in [2.24, 2.45) is 5.92 Å². The second-order valence-electron chi connectivity index (χ2n) is 4.00. The van der Waals surface area contributed by atoms with Gasteiger partial charge in [0.25, 0.3) is 5.91 Å². The van der Waals surface area contributed by atoms with Gasteiger partial charge in [0, 0.05) is 6.04 Å². The highest BCUT2D eigenvalue weighted by molar-refractivity contribution is 6.16. The zero-order valence-electron chi connectivity index (χ0n) is 8.63. The summed E-state index contributed by atoms with van der Waals surface area (Å²) in [5.41, 5.74) is 0. The highest BCUT2D eigenvalue weighted by atomic mass is 35.5. The smallest absolute Gasteiger partial charge is 0.287 e. The van der Waals surface area contributed by atoms with Crippen molar-refractivity contribution < 1.29 is 9.21 Å². The normalized spacial score (nSPS) is 17.5. The maximum Gasteiger partial charge on any atom is 0.287 e. The quantitative estimate of drug-likeness (QED) is 0.804. The lowest BCUT2D eigenvalue weighted by Crippen LogP contribution is -2.33. The Morgan fingerprint density at radius 2 is 2.40 bits per heavy atom. The van der Waals surface area contributed by atoms with Crippen LogP contribution in [0.4, 0.5) is 0 Å². The zero-order chi connectivity index (χ0) is 10.8. The molecule has 1 atom stereocenters. The molecule has 2 rings (SSSR count). The fourth-order valence-corrected chi connectivity index (χ4v) is 1.71. The number of halogens is 1. The SMILES string of the molecule is CC(NC(=O)c1ccc(CCl)o1)C1CC1. The molecule has 0 radical (unpaired) electrons. The number of hydrogen-bond acceptors (Lipinski definition) is 2. The highest BCUT2D eigenvalue weighted by Gasteiger charge is 2.29. The first-order chi connectivity index (χ1) is 7.20. The van der Waals surface area contributed by atoms with Crippen LogP contribution in [-0.4, -0.2) is 11.9 Å². The van der Waals surface area contributed by atoms with E-state index in [4.69, 9.17) is 16.0 Å². The van der Waals surface area contributed by atoms with E-state index < -0.39 is 0 Å². The summed E-state index contributed by atoms with van der Waals surface area (Å²) in [6.07, 6.45) is 2.43. The lowest BCUT2D eigenvalue weighted by molar-refractivity contribution is 0.0906. The predicted octanol–water partition coefficient (Wildman–Crippen LogP) is 2.55. The molecule has 0 saturated heterocycles. The van der Waals surface area contributed by atoms with Gasteiger partial charge in [-0.3, -0.25) is 4.79 Å². The standard InChI is InChI=1S/C11H14ClNO2/c1-7(8-2-3-8)13-11(14)10-5-4-9(6-12)15-10/h4-5,7-8H,2-3,6H2,1H3,(H,13,14). The van der Waals surface area contributed by atoms with Gasteiger partial charge in [-0.15, -0.1) is 11.6 Å². The Bertz CT molecular complexity index is 357. The Morgan fingerprint density at radius 1 is 1.67 bits per heavy atom. The zero-order valence-corrected chi connectivity index (χ0v) is 9.38. The molecule has 3 nitrogen and oxygen atoms in total. The molecule has 0 spiro atoms. The van der Waals surface area contributed by atoms with Gasteiger partial charge in [0.2, 0.25) is 0 Å². The van der Waals surface area contributed by atoms with E-state index in [9.17, 15) is 4.79 Å². The van der Waals surface area contributed by atoms with Crippen molar-refractivity contribution >= 4 is 17.5 Å². The van der Waals surface area contributed by atoms with Gasteiger partial charge in [0.1, 0.15) is 5.76 Å². The molecule has 1 amide bonds. The summed E-state index contributed by atoms with van der Waals surface area (Å²) >= 11 is 5.59. The topological polar surface area (TPSA) is 42.2 Å². The molecule has 4 heteroatoms. The van der Waals surface area contributed by atoms with Crippen molar-refractivity contribution in [3.8, 4) is 0 Å². The van der Waals surface area contributed by atoms with Gasteiger partial charge in [-0.25, -0.2) is 0 Å². The lowest BCUT2D eigenvalue weighted by Gasteiger charge is -2.10. The van der Waals surface area contributed by atoms with E-state index in [-0.39, 0.29) is 11.9 Å². The summed E-state index contributed by atoms with van der Waals surface area (Å²) in [5.74, 6) is 1.77. The average Bonchev–Trinajstić information content (AvgIpc) is 2.96. The minimum atomic E-state index is -0.147. The molecule has 1 N–H and O–H groups in total. The van der Waals surface area contributed by atoms with Gasteiger partial charge in [-0.2, -0.15) is 0 Å². The van der Waals surface area contributed by atoms with Gasteiger partial charge in [0.05, 0.1) is 5.88 Å². The molecular formula is C11H14ClNO2. The molecule has 1 aromatic rings. The Labute approximate surface area is 93.8 Å². The summed E-state index contributed by atoms with van der Waals surface area (Å²) in [6, 6.07) is 3.62. The van der Waals surface area contributed by atoms with Crippen molar-refractivity contribution in [3.63, 3.8) is 0 Å². The number of furan rings is 1. The third-order valence-electron chi connectivity index (χ3n) is 2.71. The minimum Gasteiger partial charge on any atom is -0.455 e. The van der Waals surface area contributed by atoms with Crippen LogP contribution < -0.4 is 5.32 Å². The minimum absolute atomic E-state index is 0.147. The number of carbonyl (C=O) groups excluding carboxylic acids is 1. The molecule has 1 fully saturated rings. The Hall–Kier alpha value is -0.960. The van der Waals surface area contributed by atoms with E-state index in [2.05, 4.69) is 5.32 Å². The van der Waals surface area contributed by atoms with Crippen LogP contribution in [0.25, 0.3) is 0 Å². The summed E-state index contributed by atoms with van der Waals surface area (Å²) < 4.78 is 5.25. The molecule has 1 unspecified atom stereocenters. The third-order valence-corrected chi connectivity index (χ3v) is 2.97. The molecule has 82 valence electrons. The fourth-order valence-electron chi connectivity index (χ4n) is 1.56. The number of alkyl halides is 1. The van der Waals surface area contributed by atoms with E-state index in [1.54, 1.807) is 12.1 Å². The summed E-state index contributed by atoms with van der Waals surface area (Å²) in [7, 11) is 0. The van der Waals surface area contributed by atoms with Gasteiger partial charge in [0.15, 0.2) is 5.76 Å². The van der Waals surface area contributed by atoms with E-state index in [0.29, 0.717) is 23.3 Å². The molecule has 1 heterocycles. The van der Waals surface area contributed by atoms with Crippen molar-refractivity contribution in [2.75, 3.05) is 0 Å². The molecule has 1 aliphatic rings. The van der Waals surface area contributed by atoms with Gasteiger partial charge in [-0.05, 0) is 37.8 Å². The first kappa shape index (κ1) is 10.6. The number of carbonyl (C=O) groups is 1. The van der Waals surface area contributed by atoms with Crippen molar-refractivity contribution in [3.05, 3.63) is 23.7 Å². The molecular weight excluding hydrogens is 214 g/mol. The number of amides is 1. The van der Waals surface area contributed by atoms with Gasteiger partial charge >= 0.3 is 0 Å². The monoisotopic (exact) mass is 227 g/mol. The van der Waals surface area contributed by atoms with Gasteiger partial charge < -0.3 is 9.73 Å². The maximum atomic E-state index is 11.7. The Kier molecular flexibility index (Phi) is 3.00. The van der Waals surface area contributed by atoms with Crippen LogP contribution in [0.5, 0.6) is 0 Å². The molecule has 0 aromatic carbocycles. The Morgan fingerprint density at radius 3 is 2.93 bits per heavy atom. The van der Waals surface area contributed by atoms with Crippen molar-refractivity contribution in [1.29, 1.82) is 0 Å². The molecule has 0 bridgehead atoms. The van der Waals surface area contributed by atoms with Crippen molar-refractivity contribution in [2.45, 2.75) is 31.7 Å². The molecule has 0 aliphatic heterocycles. The van der Waals surface area contributed by atoms with Crippen LogP contribution in [0.15, 0.2) is 16.5 Å². The third kappa shape index (κ3) is 2.53. The van der Waals surface area contributed by atoms with Crippen LogP contribution in [0.1, 0.15) is 36.1 Å². The first-order valence-corrected chi connectivity index (χ1v) is 5.69. The van der Waals surface area contributed by atoms with Crippen LogP contribution in [0, 0.1) is 5.92 Å². The molecule has 1 aliphatic carbocycles. The van der Waals surface area contributed by atoms with E-state index in [0.717, 1.165) is 0 Å². The summed E-state index contributed by atoms with van der Waals surface area (Å²) in [5, 5.41) is 2.92. The molecule has 1 aromatic heterocycles. The Balaban J connectivity index is 1.94.